The Kier molecular flexibility index (Phi) is 4.99. The summed E-state index contributed by atoms with van der Waals surface area (Å²) >= 11 is 0. The van der Waals surface area contributed by atoms with Gasteiger partial charge in [-0.25, -0.2) is 0 Å². The highest BCUT2D eigenvalue weighted by Gasteiger charge is 2.62. The Bertz CT molecular complexity index is 470. The van der Waals surface area contributed by atoms with Gasteiger partial charge in [0, 0.05) is 6.54 Å². The summed E-state index contributed by atoms with van der Waals surface area (Å²) in [6, 6.07) is 0. The van der Waals surface area contributed by atoms with Gasteiger partial charge in [-0.1, -0.05) is 13.8 Å². The summed E-state index contributed by atoms with van der Waals surface area (Å²) in [6.07, 6.45) is 11.3. The Balaban J connectivity index is 0.00000169. The molecule has 0 aromatic carbocycles. The molecule has 138 valence electrons. The SMILES string of the molecule is CC12CC3CC(C)(C1)CC(C(=O)NCCC1CCCNC1)(C3)C2.Cl. The number of nitrogens with one attached hydrogen (secondary N) is 2. The Morgan fingerprint density at radius 3 is 2.42 bits per heavy atom. The summed E-state index contributed by atoms with van der Waals surface area (Å²) in [5, 5.41) is 6.83. The van der Waals surface area contributed by atoms with Gasteiger partial charge in [0.2, 0.25) is 5.91 Å². The van der Waals surface area contributed by atoms with Crippen LogP contribution in [0.2, 0.25) is 0 Å². The van der Waals surface area contributed by atoms with Crippen molar-refractivity contribution in [2.45, 2.75) is 71.6 Å². The van der Waals surface area contributed by atoms with E-state index in [1.54, 1.807) is 0 Å². The van der Waals surface area contributed by atoms with Gasteiger partial charge in [-0.2, -0.15) is 0 Å². The van der Waals surface area contributed by atoms with Gasteiger partial charge in [-0.05, 0) is 93.5 Å². The molecule has 2 N–H and O–H groups in total. The number of piperidine rings is 1. The molecule has 1 heterocycles. The second kappa shape index (κ2) is 6.46. The van der Waals surface area contributed by atoms with E-state index in [2.05, 4.69) is 24.5 Å². The number of amides is 1. The van der Waals surface area contributed by atoms with Crippen molar-refractivity contribution in [1.82, 2.24) is 10.6 Å². The molecule has 4 saturated carbocycles. The van der Waals surface area contributed by atoms with E-state index in [4.69, 9.17) is 0 Å². The first kappa shape index (κ1) is 18.5. The standard InChI is InChI=1S/C20H34N2O.ClH/c1-18-8-16-9-19(2,12-18)14-20(10-16,13-18)17(23)22-7-5-15-4-3-6-21-11-15;/h15-16,21H,3-14H2,1-2H3,(H,22,23);1H. The van der Waals surface area contributed by atoms with Crippen LogP contribution in [-0.2, 0) is 4.79 Å². The van der Waals surface area contributed by atoms with Gasteiger partial charge in [0.25, 0.3) is 0 Å². The van der Waals surface area contributed by atoms with E-state index in [1.165, 1.54) is 38.6 Å². The van der Waals surface area contributed by atoms with Crippen LogP contribution in [0.5, 0.6) is 0 Å². The molecule has 3 atom stereocenters. The van der Waals surface area contributed by atoms with Crippen LogP contribution >= 0.6 is 12.4 Å². The number of hydrogen-bond acceptors (Lipinski definition) is 2. The lowest BCUT2D eigenvalue weighted by atomic mass is 9.40. The van der Waals surface area contributed by atoms with Gasteiger partial charge in [0.05, 0.1) is 5.41 Å². The maximum atomic E-state index is 13.1. The Morgan fingerprint density at radius 2 is 1.83 bits per heavy atom. The van der Waals surface area contributed by atoms with Crippen LogP contribution in [0, 0.1) is 28.1 Å². The number of rotatable bonds is 4. The minimum Gasteiger partial charge on any atom is -0.356 e. The summed E-state index contributed by atoms with van der Waals surface area (Å²) < 4.78 is 0. The van der Waals surface area contributed by atoms with E-state index in [-0.39, 0.29) is 17.8 Å². The zero-order chi connectivity index (χ0) is 16.1. The van der Waals surface area contributed by atoms with Gasteiger partial charge in [0.1, 0.15) is 0 Å². The highest BCUT2D eigenvalue weighted by molar-refractivity contribution is 5.85. The van der Waals surface area contributed by atoms with Gasteiger partial charge in [-0.15, -0.1) is 12.4 Å². The molecule has 3 unspecified atom stereocenters. The van der Waals surface area contributed by atoms with Gasteiger partial charge < -0.3 is 10.6 Å². The van der Waals surface area contributed by atoms with E-state index in [0.29, 0.717) is 16.7 Å². The van der Waals surface area contributed by atoms with Crippen molar-refractivity contribution in [3.05, 3.63) is 0 Å². The van der Waals surface area contributed by atoms with E-state index in [1.807, 2.05) is 0 Å². The van der Waals surface area contributed by atoms with E-state index in [0.717, 1.165) is 50.6 Å². The first-order valence-corrected chi connectivity index (χ1v) is 9.90. The number of carbonyl (C=O) groups excluding carboxylic acids is 1. The molecule has 1 aliphatic heterocycles. The first-order valence-electron chi connectivity index (χ1n) is 9.90. The lowest BCUT2D eigenvalue weighted by molar-refractivity contribution is -0.170. The lowest BCUT2D eigenvalue weighted by Crippen LogP contribution is -2.60. The van der Waals surface area contributed by atoms with E-state index >= 15 is 0 Å². The van der Waals surface area contributed by atoms with E-state index in [9.17, 15) is 4.79 Å². The largest absolute Gasteiger partial charge is 0.356 e. The van der Waals surface area contributed by atoms with Crippen LogP contribution in [0.15, 0.2) is 0 Å². The lowest BCUT2D eigenvalue weighted by Gasteiger charge is -2.64. The third kappa shape index (κ3) is 3.35. The molecule has 1 saturated heterocycles. The maximum absolute atomic E-state index is 13.1. The normalized spacial score (nSPS) is 46.4. The molecule has 5 rings (SSSR count). The topological polar surface area (TPSA) is 41.1 Å². The van der Waals surface area contributed by atoms with Crippen LogP contribution in [0.4, 0.5) is 0 Å². The summed E-state index contributed by atoms with van der Waals surface area (Å²) in [5.74, 6) is 1.95. The Labute approximate surface area is 153 Å². The van der Waals surface area contributed by atoms with Crippen LogP contribution in [0.25, 0.3) is 0 Å². The quantitative estimate of drug-likeness (QED) is 0.803. The molecule has 5 aliphatic rings. The predicted octanol–water partition coefficient (Wildman–Crippen LogP) is 3.91. The van der Waals surface area contributed by atoms with Crippen molar-refractivity contribution in [2.75, 3.05) is 19.6 Å². The molecule has 0 aromatic rings. The van der Waals surface area contributed by atoms with Crippen LogP contribution in [-0.4, -0.2) is 25.5 Å². The fourth-order valence-corrected chi connectivity index (χ4v) is 7.45. The minimum atomic E-state index is -0.0340. The molecular formula is C20H35ClN2O. The second-order valence-corrected chi connectivity index (χ2v) is 10.2. The molecule has 4 bridgehead atoms. The average Bonchev–Trinajstić information content (AvgIpc) is 2.44. The fraction of sp³-hybridized carbons (Fsp3) is 0.950. The zero-order valence-electron chi connectivity index (χ0n) is 15.5. The third-order valence-corrected chi connectivity index (χ3v) is 7.34. The van der Waals surface area contributed by atoms with Crippen molar-refractivity contribution in [3.63, 3.8) is 0 Å². The Hall–Kier alpha value is -0.280. The monoisotopic (exact) mass is 354 g/mol. The van der Waals surface area contributed by atoms with Crippen molar-refractivity contribution in [2.24, 2.45) is 28.1 Å². The molecule has 1 amide bonds. The average molecular weight is 355 g/mol. The predicted molar refractivity (Wildman–Crippen MR) is 100 cm³/mol. The van der Waals surface area contributed by atoms with Crippen molar-refractivity contribution < 1.29 is 4.79 Å². The number of hydrogen-bond donors (Lipinski definition) is 2. The minimum absolute atomic E-state index is 0. The fourth-order valence-electron chi connectivity index (χ4n) is 7.45. The molecule has 0 radical (unpaired) electrons. The van der Waals surface area contributed by atoms with Crippen molar-refractivity contribution in [1.29, 1.82) is 0 Å². The van der Waals surface area contributed by atoms with Crippen LogP contribution < -0.4 is 10.6 Å². The molecule has 4 aliphatic carbocycles. The summed E-state index contributed by atoms with van der Waals surface area (Å²) in [7, 11) is 0. The molecular weight excluding hydrogens is 320 g/mol. The number of halogens is 1. The molecule has 0 aromatic heterocycles. The van der Waals surface area contributed by atoms with Crippen molar-refractivity contribution >= 4 is 18.3 Å². The van der Waals surface area contributed by atoms with Gasteiger partial charge in [-0.3, -0.25) is 4.79 Å². The Morgan fingerprint density at radius 1 is 1.12 bits per heavy atom. The molecule has 5 fully saturated rings. The molecule has 0 spiro atoms. The molecule has 24 heavy (non-hydrogen) atoms. The highest BCUT2D eigenvalue weighted by atomic mass is 35.5. The van der Waals surface area contributed by atoms with Crippen molar-refractivity contribution in [3.8, 4) is 0 Å². The van der Waals surface area contributed by atoms with Crippen LogP contribution in [0.1, 0.15) is 71.6 Å². The zero-order valence-corrected chi connectivity index (χ0v) is 16.3. The number of carbonyl (C=O) groups is 1. The van der Waals surface area contributed by atoms with E-state index < -0.39 is 0 Å². The third-order valence-electron chi connectivity index (χ3n) is 7.34. The molecule has 3 nitrogen and oxygen atoms in total. The first-order chi connectivity index (χ1) is 10.9. The summed E-state index contributed by atoms with van der Waals surface area (Å²) in [6.45, 7) is 8.09. The maximum Gasteiger partial charge on any atom is 0.226 e. The van der Waals surface area contributed by atoms with Gasteiger partial charge in [0.15, 0.2) is 0 Å². The molecule has 4 heteroatoms. The highest BCUT2D eigenvalue weighted by Crippen LogP contribution is 2.69. The summed E-state index contributed by atoms with van der Waals surface area (Å²) in [5.41, 5.74) is 0.825. The second-order valence-electron chi connectivity index (χ2n) is 10.2. The summed E-state index contributed by atoms with van der Waals surface area (Å²) in [4.78, 5) is 13.1. The smallest absolute Gasteiger partial charge is 0.226 e. The van der Waals surface area contributed by atoms with Crippen LogP contribution in [0.3, 0.4) is 0 Å². The van der Waals surface area contributed by atoms with Gasteiger partial charge >= 0.3 is 0 Å².